The molecule has 126 valence electrons. The molecule has 3 heteroatoms. The van der Waals surface area contributed by atoms with E-state index in [1.165, 1.54) is 16.3 Å². The molecule has 0 aromatic heterocycles. The molecule has 0 amide bonds. The maximum absolute atomic E-state index is 5.94. The summed E-state index contributed by atoms with van der Waals surface area (Å²) in [7, 11) is 0. The summed E-state index contributed by atoms with van der Waals surface area (Å²) in [5, 5.41) is 6.06. The van der Waals surface area contributed by atoms with Gasteiger partial charge in [0.25, 0.3) is 0 Å². The highest BCUT2D eigenvalue weighted by atomic mass is 16.5. The molecule has 0 spiro atoms. The molecular formula is C20H29NO2. The number of hydrogen-bond donors (Lipinski definition) is 1. The van der Waals surface area contributed by atoms with Crippen LogP contribution < -0.4 is 10.1 Å². The van der Waals surface area contributed by atoms with Crippen LogP contribution in [0.4, 0.5) is 0 Å². The van der Waals surface area contributed by atoms with E-state index in [9.17, 15) is 0 Å². The van der Waals surface area contributed by atoms with Crippen molar-refractivity contribution in [3.63, 3.8) is 0 Å². The van der Waals surface area contributed by atoms with Crippen molar-refractivity contribution in [3.8, 4) is 5.75 Å². The highest BCUT2D eigenvalue weighted by Gasteiger charge is 2.08. The molecule has 0 saturated carbocycles. The normalized spacial score (nSPS) is 11.3. The minimum Gasteiger partial charge on any atom is -0.493 e. The van der Waals surface area contributed by atoms with E-state index in [4.69, 9.17) is 9.47 Å². The van der Waals surface area contributed by atoms with E-state index in [1.54, 1.807) is 0 Å². The zero-order valence-electron chi connectivity index (χ0n) is 14.6. The van der Waals surface area contributed by atoms with Crippen molar-refractivity contribution < 1.29 is 9.47 Å². The van der Waals surface area contributed by atoms with Crippen molar-refractivity contribution in [2.75, 3.05) is 19.8 Å². The molecule has 2 aromatic rings. The SMILES string of the molecule is CCCOc1ccc2ccccc2c1CNCCCOC(C)C. The molecule has 0 aliphatic heterocycles. The number of ether oxygens (including phenoxy) is 2. The van der Waals surface area contributed by atoms with Crippen molar-refractivity contribution in [1.29, 1.82) is 0 Å². The first-order valence-electron chi connectivity index (χ1n) is 8.68. The van der Waals surface area contributed by atoms with Gasteiger partial charge in [0.15, 0.2) is 0 Å². The third-order valence-electron chi connectivity index (χ3n) is 3.71. The van der Waals surface area contributed by atoms with Gasteiger partial charge in [-0.05, 0) is 50.1 Å². The first-order chi connectivity index (χ1) is 11.2. The predicted molar refractivity (Wildman–Crippen MR) is 97.1 cm³/mol. The molecule has 0 fully saturated rings. The average Bonchev–Trinajstić information content (AvgIpc) is 2.56. The second-order valence-electron chi connectivity index (χ2n) is 6.06. The Morgan fingerprint density at radius 3 is 2.65 bits per heavy atom. The Kier molecular flexibility index (Phi) is 7.37. The van der Waals surface area contributed by atoms with Gasteiger partial charge in [0.2, 0.25) is 0 Å². The first kappa shape index (κ1) is 17.8. The van der Waals surface area contributed by atoms with E-state index < -0.39 is 0 Å². The number of nitrogens with one attached hydrogen (secondary N) is 1. The molecule has 0 aliphatic rings. The minimum absolute atomic E-state index is 0.308. The van der Waals surface area contributed by atoms with E-state index in [0.29, 0.717) is 6.10 Å². The van der Waals surface area contributed by atoms with E-state index in [-0.39, 0.29) is 0 Å². The summed E-state index contributed by atoms with van der Waals surface area (Å²) >= 11 is 0. The molecule has 0 bridgehead atoms. The van der Waals surface area contributed by atoms with Crippen LogP contribution in [0.15, 0.2) is 36.4 Å². The molecule has 2 aromatic carbocycles. The van der Waals surface area contributed by atoms with Crippen molar-refractivity contribution in [3.05, 3.63) is 42.0 Å². The van der Waals surface area contributed by atoms with Crippen LogP contribution in [0.25, 0.3) is 10.8 Å². The molecule has 2 rings (SSSR count). The first-order valence-corrected chi connectivity index (χ1v) is 8.68. The fraction of sp³-hybridized carbons (Fsp3) is 0.500. The van der Waals surface area contributed by atoms with Gasteiger partial charge in [0, 0.05) is 18.7 Å². The fourth-order valence-corrected chi connectivity index (χ4v) is 2.58. The largest absolute Gasteiger partial charge is 0.493 e. The Balaban J connectivity index is 2.01. The Morgan fingerprint density at radius 2 is 1.87 bits per heavy atom. The van der Waals surface area contributed by atoms with Crippen LogP contribution in [0.1, 0.15) is 39.2 Å². The topological polar surface area (TPSA) is 30.5 Å². The van der Waals surface area contributed by atoms with Crippen LogP contribution >= 0.6 is 0 Å². The van der Waals surface area contributed by atoms with Gasteiger partial charge in [-0.15, -0.1) is 0 Å². The summed E-state index contributed by atoms with van der Waals surface area (Å²) in [4.78, 5) is 0. The average molecular weight is 315 g/mol. The lowest BCUT2D eigenvalue weighted by Gasteiger charge is -2.15. The quantitative estimate of drug-likeness (QED) is 0.653. The summed E-state index contributed by atoms with van der Waals surface area (Å²) in [6, 6.07) is 12.7. The molecular weight excluding hydrogens is 286 g/mol. The molecule has 0 unspecified atom stereocenters. The van der Waals surface area contributed by atoms with E-state index in [1.807, 2.05) is 0 Å². The van der Waals surface area contributed by atoms with Crippen LogP contribution in [0.5, 0.6) is 5.75 Å². The van der Waals surface area contributed by atoms with Gasteiger partial charge < -0.3 is 14.8 Å². The third-order valence-corrected chi connectivity index (χ3v) is 3.71. The Labute approximate surface area is 140 Å². The molecule has 0 heterocycles. The van der Waals surface area contributed by atoms with Crippen molar-refractivity contribution in [2.45, 2.75) is 46.3 Å². The summed E-state index contributed by atoms with van der Waals surface area (Å²) < 4.78 is 11.5. The lowest BCUT2D eigenvalue weighted by atomic mass is 10.0. The molecule has 0 saturated heterocycles. The number of fused-ring (bicyclic) bond motifs is 1. The monoisotopic (exact) mass is 315 g/mol. The van der Waals surface area contributed by atoms with Gasteiger partial charge >= 0.3 is 0 Å². The highest BCUT2D eigenvalue weighted by molar-refractivity contribution is 5.87. The maximum Gasteiger partial charge on any atom is 0.124 e. The summed E-state index contributed by atoms with van der Waals surface area (Å²) in [6.45, 7) is 9.60. The Morgan fingerprint density at radius 1 is 1.04 bits per heavy atom. The fourth-order valence-electron chi connectivity index (χ4n) is 2.58. The molecule has 0 aliphatic carbocycles. The molecule has 23 heavy (non-hydrogen) atoms. The van der Waals surface area contributed by atoms with Gasteiger partial charge in [-0.2, -0.15) is 0 Å². The van der Waals surface area contributed by atoms with Gasteiger partial charge in [0.05, 0.1) is 12.7 Å². The van der Waals surface area contributed by atoms with Gasteiger partial charge in [-0.25, -0.2) is 0 Å². The third kappa shape index (κ3) is 5.52. The lowest BCUT2D eigenvalue weighted by molar-refractivity contribution is 0.0770. The smallest absolute Gasteiger partial charge is 0.124 e. The van der Waals surface area contributed by atoms with Crippen molar-refractivity contribution in [2.24, 2.45) is 0 Å². The maximum atomic E-state index is 5.94. The van der Waals surface area contributed by atoms with Crippen LogP contribution in [-0.2, 0) is 11.3 Å². The summed E-state index contributed by atoms with van der Waals surface area (Å²) in [6.07, 6.45) is 2.35. The predicted octanol–water partition coefficient (Wildman–Crippen LogP) is 4.53. The second kappa shape index (κ2) is 9.53. The van der Waals surface area contributed by atoms with E-state index in [0.717, 1.165) is 44.9 Å². The van der Waals surface area contributed by atoms with Crippen molar-refractivity contribution >= 4 is 10.8 Å². The number of benzene rings is 2. The van der Waals surface area contributed by atoms with Crippen LogP contribution in [0.2, 0.25) is 0 Å². The lowest BCUT2D eigenvalue weighted by Crippen LogP contribution is -2.18. The van der Waals surface area contributed by atoms with Gasteiger partial charge in [-0.3, -0.25) is 0 Å². The number of hydrogen-bond acceptors (Lipinski definition) is 3. The molecule has 3 nitrogen and oxygen atoms in total. The van der Waals surface area contributed by atoms with Crippen LogP contribution in [0, 0.1) is 0 Å². The van der Waals surface area contributed by atoms with E-state index in [2.05, 4.69) is 62.5 Å². The van der Waals surface area contributed by atoms with Gasteiger partial charge in [-0.1, -0.05) is 37.3 Å². The molecule has 0 atom stereocenters. The van der Waals surface area contributed by atoms with Crippen LogP contribution in [0.3, 0.4) is 0 Å². The van der Waals surface area contributed by atoms with Crippen LogP contribution in [-0.4, -0.2) is 25.9 Å². The Bertz CT molecular complexity index is 595. The summed E-state index contributed by atoms with van der Waals surface area (Å²) in [5.74, 6) is 0.997. The van der Waals surface area contributed by atoms with Crippen molar-refractivity contribution in [1.82, 2.24) is 5.32 Å². The number of rotatable bonds is 10. The second-order valence-corrected chi connectivity index (χ2v) is 6.06. The molecule has 1 N–H and O–H groups in total. The van der Waals surface area contributed by atoms with Gasteiger partial charge in [0.1, 0.15) is 5.75 Å². The minimum atomic E-state index is 0.308. The highest BCUT2D eigenvalue weighted by Crippen LogP contribution is 2.28. The summed E-state index contributed by atoms with van der Waals surface area (Å²) in [5.41, 5.74) is 1.25. The Hall–Kier alpha value is -1.58. The zero-order chi connectivity index (χ0) is 16.5. The van der Waals surface area contributed by atoms with E-state index >= 15 is 0 Å². The molecule has 0 radical (unpaired) electrons. The standard InChI is InChI=1S/C20H29NO2/c1-4-13-23-20-11-10-17-8-5-6-9-18(17)19(20)15-21-12-7-14-22-16(2)3/h5-6,8-11,16,21H,4,7,12-15H2,1-3H3. The zero-order valence-corrected chi connectivity index (χ0v) is 14.6.